The molecule has 2 atom stereocenters. The van der Waals surface area contributed by atoms with Gasteiger partial charge in [0.15, 0.2) is 0 Å². The van der Waals surface area contributed by atoms with Crippen LogP contribution in [0.5, 0.6) is 0 Å². The van der Waals surface area contributed by atoms with Crippen molar-refractivity contribution in [2.45, 2.75) is 36.6 Å². The van der Waals surface area contributed by atoms with E-state index in [1.165, 1.54) is 11.3 Å². The number of rotatable bonds is 4. The first-order chi connectivity index (χ1) is 9.37. The molecule has 0 aliphatic carbocycles. The van der Waals surface area contributed by atoms with Gasteiger partial charge >= 0.3 is 0 Å². The molecule has 2 unspecified atom stereocenters. The molecule has 114 valence electrons. The van der Waals surface area contributed by atoms with Crippen LogP contribution < -0.4 is 5.32 Å². The van der Waals surface area contributed by atoms with Crippen molar-refractivity contribution in [1.82, 2.24) is 9.62 Å². The first-order valence-electron chi connectivity index (χ1n) is 6.44. The Morgan fingerprint density at radius 1 is 1.50 bits per heavy atom. The molecule has 1 aliphatic heterocycles. The molecule has 0 radical (unpaired) electrons. The molecule has 0 amide bonds. The van der Waals surface area contributed by atoms with Crippen molar-refractivity contribution in [3.63, 3.8) is 0 Å². The molecule has 1 aliphatic rings. The largest absolute Gasteiger partial charge is 0.315 e. The third-order valence-electron chi connectivity index (χ3n) is 3.47. The Balaban J connectivity index is 2.34. The second kappa shape index (κ2) is 6.66. The minimum atomic E-state index is -3.42. The van der Waals surface area contributed by atoms with Gasteiger partial charge in [0.25, 0.3) is 0 Å². The molecule has 0 bridgehead atoms. The summed E-state index contributed by atoms with van der Waals surface area (Å²) in [6.07, 6.45) is 0. The predicted molar refractivity (Wildman–Crippen MR) is 90.1 cm³/mol. The zero-order valence-electron chi connectivity index (χ0n) is 11.7. The normalized spacial score (nSPS) is 25.0. The Morgan fingerprint density at radius 2 is 2.20 bits per heavy atom. The fourth-order valence-electron chi connectivity index (χ4n) is 2.21. The summed E-state index contributed by atoms with van der Waals surface area (Å²) < 4.78 is 28.0. The standard InChI is InChI=1S/C12H19BrN2O2S3/c1-8-9(2)18-5-4-15(8)20(16,17)11-6-10(7-14-3)19-12(11)13/h6,8-9,14H,4-5,7H2,1-3H3. The molecule has 4 nitrogen and oxygen atoms in total. The van der Waals surface area contributed by atoms with Crippen LogP contribution in [-0.4, -0.2) is 43.4 Å². The lowest BCUT2D eigenvalue weighted by atomic mass is 10.2. The van der Waals surface area contributed by atoms with Crippen LogP contribution in [0.1, 0.15) is 18.7 Å². The van der Waals surface area contributed by atoms with Crippen molar-refractivity contribution in [3.8, 4) is 0 Å². The Hall–Kier alpha value is 0.400. The molecule has 20 heavy (non-hydrogen) atoms. The predicted octanol–water partition coefficient (Wildman–Crippen LogP) is 2.74. The quantitative estimate of drug-likeness (QED) is 0.846. The lowest BCUT2D eigenvalue weighted by Gasteiger charge is -2.36. The summed E-state index contributed by atoms with van der Waals surface area (Å²) >= 11 is 6.71. The Bertz CT molecular complexity index is 573. The zero-order chi connectivity index (χ0) is 14.9. The Morgan fingerprint density at radius 3 is 2.85 bits per heavy atom. The number of thiophene rings is 1. The van der Waals surface area contributed by atoms with E-state index in [4.69, 9.17) is 0 Å². The van der Waals surface area contributed by atoms with Crippen LogP contribution in [0.3, 0.4) is 0 Å². The molecule has 1 fully saturated rings. The van der Waals surface area contributed by atoms with Crippen molar-refractivity contribution in [1.29, 1.82) is 0 Å². The molecule has 8 heteroatoms. The summed E-state index contributed by atoms with van der Waals surface area (Å²) in [4.78, 5) is 1.42. The van der Waals surface area contributed by atoms with Gasteiger partial charge in [-0.1, -0.05) is 6.92 Å². The molecule has 1 N–H and O–H groups in total. The van der Waals surface area contributed by atoms with Crippen LogP contribution in [0.2, 0.25) is 0 Å². The molecular formula is C12H19BrN2O2S3. The molecule has 2 rings (SSSR count). The Labute approximate surface area is 137 Å². The first-order valence-corrected chi connectivity index (χ1v) is 10.5. The first kappa shape index (κ1) is 16.8. The van der Waals surface area contributed by atoms with E-state index in [2.05, 4.69) is 28.2 Å². The molecular weight excluding hydrogens is 380 g/mol. The number of sulfonamides is 1. The van der Waals surface area contributed by atoms with E-state index >= 15 is 0 Å². The van der Waals surface area contributed by atoms with Crippen molar-refractivity contribution in [2.24, 2.45) is 0 Å². The van der Waals surface area contributed by atoms with E-state index in [1.807, 2.05) is 25.7 Å². The van der Waals surface area contributed by atoms with Crippen LogP contribution in [0, 0.1) is 0 Å². The van der Waals surface area contributed by atoms with Crippen molar-refractivity contribution >= 4 is 49.1 Å². The molecule has 0 aromatic carbocycles. The van der Waals surface area contributed by atoms with Gasteiger partial charge < -0.3 is 5.32 Å². The molecule has 2 heterocycles. The second-order valence-corrected chi connectivity index (χ2v) is 10.6. The third kappa shape index (κ3) is 3.25. The van der Waals surface area contributed by atoms with Crippen LogP contribution in [0.25, 0.3) is 0 Å². The second-order valence-electron chi connectivity index (χ2n) is 4.81. The maximum absolute atomic E-state index is 12.9. The van der Waals surface area contributed by atoms with Crippen molar-refractivity contribution in [3.05, 3.63) is 14.7 Å². The number of nitrogens with one attached hydrogen (secondary N) is 1. The summed E-state index contributed by atoms with van der Waals surface area (Å²) in [5, 5.41) is 3.38. The lowest BCUT2D eigenvalue weighted by Crippen LogP contribution is -2.47. The van der Waals surface area contributed by atoms with Crippen LogP contribution >= 0.6 is 39.0 Å². The van der Waals surface area contributed by atoms with Gasteiger partial charge in [-0.3, -0.25) is 0 Å². The fraction of sp³-hybridized carbons (Fsp3) is 0.667. The van der Waals surface area contributed by atoms with Gasteiger partial charge in [-0.2, -0.15) is 16.1 Å². The van der Waals surface area contributed by atoms with E-state index in [-0.39, 0.29) is 6.04 Å². The summed E-state index contributed by atoms with van der Waals surface area (Å²) in [6, 6.07) is 1.80. The topological polar surface area (TPSA) is 49.4 Å². The van der Waals surface area contributed by atoms with Crippen LogP contribution in [0.15, 0.2) is 14.7 Å². The summed E-state index contributed by atoms with van der Waals surface area (Å²) in [5.74, 6) is 0.857. The highest BCUT2D eigenvalue weighted by Gasteiger charge is 2.36. The van der Waals surface area contributed by atoms with E-state index in [9.17, 15) is 8.42 Å². The van der Waals surface area contributed by atoms with E-state index in [0.717, 1.165) is 10.6 Å². The van der Waals surface area contributed by atoms with E-state index < -0.39 is 10.0 Å². The third-order valence-corrected chi connectivity index (χ3v) is 9.05. The molecule has 1 aromatic rings. The molecule has 0 spiro atoms. The molecule has 0 saturated carbocycles. The minimum Gasteiger partial charge on any atom is -0.315 e. The summed E-state index contributed by atoms with van der Waals surface area (Å²) in [6.45, 7) is 5.35. The highest BCUT2D eigenvalue weighted by Crippen LogP contribution is 2.36. The number of halogens is 1. The van der Waals surface area contributed by atoms with Gasteiger partial charge in [0, 0.05) is 35.0 Å². The van der Waals surface area contributed by atoms with Crippen molar-refractivity contribution < 1.29 is 8.42 Å². The van der Waals surface area contributed by atoms with Gasteiger partial charge in [-0.05, 0) is 36.0 Å². The summed E-state index contributed by atoms with van der Waals surface area (Å²) in [5.41, 5.74) is 0. The van der Waals surface area contributed by atoms with E-state index in [0.29, 0.717) is 27.0 Å². The van der Waals surface area contributed by atoms with Gasteiger partial charge in [0.1, 0.15) is 4.90 Å². The minimum absolute atomic E-state index is 0.0262. The highest BCUT2D eigenvalue weighted by atomic mass is 79.9. The average molecular weight is 399 g/mol. The maximum atomic E-state index is 12.9. The number of hydrogen-bond donors (Lipinski definition) is 1. The van der Waals surface area contributed by atoms with E-state index in [1.54, 1.807) is 10.4 Å². The van der Waals surface area contributed by atoms with Gasteiger partial charge in [-0.25, -0.2) is 8.42 Å². The zero-order valence-corrected chi connectivity index (χ0v) is 15.8. The average Bonchev–Trinajstić information content (AvgIpc) is 2.75. The summed E-state index contributed by atoms with van der Waals surface area (Å²) in [7, 11) is -1.56. The maximum Gasteiger partial charge on any atom is 0.245 e. The van der Waals surface area contributed by atoms with Crippen molar-refractivity contribution in [2.75, 3.05) is 19.3 Å². The highest BCUT2D eigenvalue weighted by molar-refractivity contribution is 9.11. The Kier molecular flexibility index (Phi) is 5.58. The smallest absolute Gasteiger partial charge is 0.245 e. The number of nitrogens with zero attached hydrogens (tertiary/aromatic N) is 1. The van der Waals surface area contributed by atoms with Gasteiger partial charge in [0.05, 0.1) is 3.79 Å². The van der Waals surface area contributed by atoms with Crippen LogP contribution in [0.4, 0.5) is 0 Å². The molecule has 1 aromatic heterocycles. The fourth-order valence-corrected chi connectivity index (χ4v) is 7.85. The monoisotopic (exact) mass is 398 g/mol. The number of thioether (sulfide) groups is 1. The van der Waals surface area contributed by atoms with Crippen LogP contribution in [-0.2, 0) is 16.6 Å². The lowest BCUT2D eigenvalue weighted by molar-refractivity contribution is 0.340. The SMILES string of the molecule is CNCc1cc(S(=O)(=O)N2CCSC(C)C2C)c(Br)s1. The molecule has 1 saturated heterocycles. The van der Waals surface area contributed by atoms with Gasteiger partial charge in [-0.15, -0.1) is 11.3 Å². The van der Waals surface area contributed by atoms with Gasteiger partial charge in [0.2, 0.25) is 10.0 Å². The number of hydrogen-bond acceptors (Lipinski definition) is 5.